The third-order valence-electron chi connectivity index (χ3n) is 8.95. The molecule has 48 heavy (non-hydrogen) atoms. The van der Waals surface area contributed by atoms with E-state index in [4.69, 9.17) is 9.47 Å². The van der Waals surface area contributed by atoms with E-state index < -0.39 is 6.10 Å². The molecule has 0 heterocycles. The Kier molecular flexibility index (Phi) is 38.0. The first-order chi connectivity index (χ1) is 23.6. The summed E-state index contributed by atoms with van der Waals surface area (Å²) in [7, 11) is 0. The number of carbonyl (C=O) groups is 2. The molecular formula is C43H78O5. The highest BCUT2D eigenvalue weighted by Crippen LogP contribution is 2.15. The minimum Gasteiger partial charge on any atom is -0.462 e. The number of ether oxygens (including phenoxy) is 2. The number of unbranched alkanes of at least 4 members (excludes halogenated alkanes) is 23. The lowest BCUT2D eigenvalue weighted by Gasteiger charge is -2.15. The molecule has 0 radical (unpaired) electrons. The Bertz CT molecular complexity index is 771. The van der Waals surface area contributed by atoms with Crippen LogP contribution in [0.2, 0.25) is 0 Å². The summed E-state index contributed by atoms with van der Waals surface area (Å²) in [5.74, 6) is -0.604. The van der Waals surface area contributed by atoms with Crippen molar-refractivity contribution in [3.63, 3.8) is 0 Å². The van der Waals surface area contributed by atoms with Crippen molar-refractivity contribution >= 4 is 11.9 Å². The Morgan fingerprint density at radius 2 is 0.896 bits per heavy atom. The normalized spacial score (nSPS) is 12.5. The number of hydrogen-bond acceptors (Lipinski definition) is 5. The van der Waals surface area contributed by atoms with Gasteiger partial charge in [0.2, 0.25) is 0 Å². The molecule has 0 aliphatic carbocycles. The van der Waals surface area contributed by atoms with Gasteiger partial charge in [0.15, 0.2) is 6.10 Å². The average Bonchev–Trinajstić information content (AvgIpc) is 3.09. The van der Waals surface area contributed by atoms with Gasteiger partial charge in [0.05, 0.1) is 6.61 Å². The highest BCUT2D eigenvalue weighted by atomic mass is 16.6. The summed E-state index contributed by atoms with van der Waals surface area (Å²) >= 11 is 0. The summed E-state index contributed by atoms with van der Waals surface area (Å²) < 4.78 is 10.6. The van der Waals surface area contributed by atoms with Crippen LogP contribution in [0, 0.1) is 0 Å². The zero-order chi connectivity index (χ0) is 35.0. The van der Waals surface area contributed by atoms with Crippen molar-refractivity contribution < 1.29 is 24.2 Å². The lowest BCUT2D eigenvalue weighted by Crippen LogP contribution is -2.28. The minimum absolute atomic E-state index is 0.0700. The van der Waals surface area contributed by atoms with Crippen molar-refractivity contribution in [2.75, 3.05) is 13.2 Å². The van der Waals surface area contributed by atoms with Gasteiger partial charge in [-0.3, -0.25) is 9.59 Å². The summed E-state index contributed by atoms with van der Waals surface area (Å²) in [5, 5.41) is 9.56. The van der Waals surface area contributed by atoms with Crippen LogP contribution >= 0.6 is 0 Å². The van der Waals surface area contributed by atoms with E-state index in [9.17, 15) is 14.7 Å². The van der Waals surface area contributed by atoms with Gasteiger partial charge in [0.25, 0.3) is 0 Å². The highest BCUT2D eigenvalue weighted by Gasteiger charge is 2.16. The Labute approximate surface area is 297 Å². The second kappa shape index (κ2) is 39.6. The van der Waals surface area contributed by atoms with Gasteiger partial charge < -0.3 is 14.6 Å². The highest BCUT2D eigenvalue weighted by molar-refractivity contribution is 5.70. The van der Waals surface area contributed by atoms with E-state index in [0.29, 0.717) is 12.8 Å². The van der Waals surface area contributed by atoms with Crippen LogP contribution in [0.5, 0.6) is 0 Å². The molecule has 0 saturated heterocycles. The minimum atomic E-state index is -0.777. The van der Waals surface area contributed by atoms with Gasteiger partial charge in [-0.15, -0.1) is 0 Å². The summed E-state index contributed by atoms with van der Waals surface area (Å²) in [6.45, 7) is 4.02. The first kappa shape index (κ1) is 46.1. The molecule has 5 heteroatoms. The fraction of sp³-hybridized carbons (Fsp3) is 0.814. The molecule has 0 fully saturated rings. The van der Waals surface area contributed by atoms with E-state index >= 15 is 0 Å². The molecule has 1 unspecified atom stereocenters. The third-order valence-corrected chi connectivity index (χ3v) is 8.95. The summed E-state index contributed by atoms with van der Waals surface area (Å²) in [4.78, 5) is 24.3. The molecule has 5 nitrogen and oxygen atoms in total. The number of hydrogen-bond donors (Lipinski definition) is 1. The lowest BCUT2D eigenvalue weighted by atomic mass is 10.0. The Hall–Kier alpha value is -1.88. The number of carbonyl (C=O) groups excluding carboxylic acids is 2. The third kappa shape index (κ3) is 36.9. The first-order valence-corrected chi connectivity index (χ1v) is 20.5. The molecule has 0 aliphatic rings. The molecule has 0 amide bonds. The van der Waals surface area contributed by atoms with E-state index in [-0.39, 0.29) is 25.2 Å². The lowest BCUT2D eigenvalue weighted by molar-refractivity contribution is -0.161. The zero-order valence-corrected chi connectivity index (χ0v) is 31.7. The summed E-state index contributed by atoms with van der Waals surface area (Å²) in [6, 6.07) is 0. The molecule has 280 valence electrons. The smallest absolute Gasteiger partial charge is 0.306 e. The Morgan fingerprint density at radius 1 is 0.500 bits per heavy atom. The Balaban J connectivity index is 3.53. The molecule has 0 aliphatic heterocycles. The fourth-order valence-corrected chi connectivity index (χ4v) is 5.86. The molecule has 0 rings (SSSR count). The second-order valence-corrected chi connectivity index (χ2v) is 13.7. The predicted molar refractivity (Wildman–Crippen MR) is 205 cm³/mol. The van der Waals surface area contributed by atoms with Crippen LogP contribution in [-0.4, -0.2) is 36.4 Å². The maximum atomic E-state index is 12.2. The van der Waals surface area contributed by atoms with E-state index in [1.54, 1.807) is 0 Å². The molecular weight excluding hydrogens is 596 g/mol. The van der Waals surface area contributed by atoms with Crippen molar-refractivity contribution in [1.29, 1.82) is 0 Å². The van der Waals surface area contributed by atoms with Crippen LogP contribution in [0.4, 0.5) is 0 Å². The number of aliphatic hydroxyl groups is 1. The summed E-state index contributed by atoms with van der Waals surface area (Å²) in [5.41, 5.74) is 0. The fourth-order valence-electron chi connectivity index (χ4n) is 5.86. The van der Waals surface area contributed by atoms with Gasteiger partial charge in [-0.25, -0.2) is 0 Å². The van der Waals surface area contributed by atoms with Crippen molar-refractivity contribution in [3.8, 4) is 0 Å². The molecule has 0 aromatic rings. The van der Waals surface area contributed by atoms with E-state index in [1.807, 2.05) is 0 Å². The summed E-state index contributed by atoms with van der Waals surface area (Å²) in [6.07, 6.45) is 47.8. The van der Waals surface area contributed by atoms with Crippen molar-refractivity contribution in [1.82, 2.24) is 0 Å². The molecule has 0 spiro atoms. The molecule has 0 saturated carbocycles. The van der Waals surface area contributed by atoms with Crippen LogP contribution < -0.4 is 0 Å². The molecule has 0 bridgehead atoms. The number of esters is 2. The maximum Gasteiger partial charge on any atom is 0.306 e. The second-order valence-electron chi connectivity index (χ2n) is 13.7. The Morgan fingerprint density at radius 3 is 1.35 bits per heavy atom. The van der Waals surface area contributed by atoms with Crippen LogP contribution in [0.25, 0.3) is 0 Å². The number of rotatable bonds is 37. The van der Waals surface area contributed by atoms with Crippen LogP contribution in [-0.2, 0) is 19.1 Å². The van der Waals surface area contributed by atoms with Gasteiger partial charge in [0, 0.05) is 12.8 Å². The van der Waals surface area contributed by atoms with Crippen molar-refractivity contribution in [3.05, 3.63) is 36.5 Å². The molecule has 0 aromatic heterocycles. The average molecular weight is 675 g/mol. The molecule has 0 aromatic carbocycles. The van der Waals surface area contributed by atoms with Gasteiger partial charge in [-0.1, -0.05) is 185 Å². The maximum absolute atomic E-state index is 12.2. The topological polar surface area (TPSA) is 72.8 Å². The largest absolute Gasteiger partial charge is 0.462 e. The van der Waals surface area contributed by atoms with Crippen LogP contribution in [0.15, 0.2) is 36.5 Å². The van der Waals surface area contributed by atoms with E-state index in [2.05, 4.69) is 50.3 Å². The van der Waals surface area contributed by atoms with Gasteiger partial charge in [-0.05, 0) is 44.9 Å². The molecule has 1 N–H and O–H groups in total. The van der Waals surface area contributed by atoms with Gasteiger partial charge >= 0.3 is 11.9 Å². The number of allylic oxidation sites excluding steroid dienone is 6. The first-order valence-electron chi connectivity index (χ1n) is 20.5. The van der Waals surface area contributed by atoms with Crippen molar-refractivity contribution in [2.24, 2.45) is 0 Å². The van der Waals surface area contributed by atoms with Crippen LogP contribution in [0.1, 0.15) is 206 Å². The van der Waals surface area contributed by atoms with E-state index in [0.717, 1.165) is 70.6 Å². The van der Waals surface area contributed by atoms with Crippen LogP contribution in [0.3, 0.4) is 0 Å². The SMILES string of the molecule is CCC=CCC=CCC=CCCCCCCCC(=O)OC(CO)COC(=O)CCCCCCCCCCCCCCCCCCCCC. The quantitative estimate of drug-likeness (QED) is 0.0403. The standard InChI is InChI=1S/C43H78O5/c1-3-5-7-9-11-13-15-17-19-20-21-22-24-25-27-29-31-33-35-37-42(45)47-40-41(39-44)48-43(46)38-36-34-32-30-28-26-23-18-16-14-12-10-8-6-4-2/h6,8,12,14,18,23,41,44H,3-5,7,9-11,13,15-17,19-22,24-40H2,1-2H3. The predicted octanol–water partition coefficient (Wildman–Crippen LogP) is 12.8. The van der Waals surface area contributed by atoms with Gasteiger partial charge in [-0.2, -0.15) is 0 Å². The van der Waals surface area contributed by atoms with E-state index in [1.165, 1.54) is 109 Å². The van der Waals surface area contributed by atoms with Crippen molar-refractivity contribution in [2.45, 2.75) is 213 Å². The molecule has 1 atom stereocenters. The monoisotopic (exact) mass is 675 g/mol. The zero-order valence-electron chi connectivity index (χ0n) is 31.7. The number of aliphatic hydroxyl groups excluding tert-OH is 1. The van der Waals surface area contributed by atoms with Gasteiger partial charge in [0.1, 0.15) is 6.61 Å².